The number of nitrogens with one attached hydrogen (secondary N) is 1. The van der Waals surface area contributed by atoms with Crippen LogP contribution in [0.1, 0.15) is 31.4 Å². The standard InChI is InChI=1S/C24H26N2O2S2/c1-17(2)13-14-21-23(28)26(24(29)30-21)20(15-18-9-5-3-6-10-18)22(27)25-16-19-11-7-4-8-12-19/h3-12,14,17,20H,13,15-16H2,1-2H3,(H,25,27)/b21-14-. The van der Waals surface area contributed by atoms with Gasteiger partial charge in [-0.15, -0.1) is 0 Å². The van der Waals surface area contributed by atoms with E-state index >= 15 is 0 Å². The van der Waals surface area contributed by atoms with Gasteiger partial charge in [0.1, 0.15) is 10.4 Å². The van der Waals surface area contributed by atoms with E-state index in [1.54, 1.807) is 0 Å². The number of carbonyl (C=O) groups is 2. The van der Waals surface area contributed by atoms with Gasteiger partial charge in [-0.1, -0.05) is 105 Å². The van der Waals surface area contributed by atoms with Gasteiger partial charge in [0, 0.05) is 13.0 Å². The van der Waals surface area contributed by atoms with Crippen molar-refractivity contribution in [1.82, 2.24) is 10.2 Å². The zero-order valence-electron chi connectivity index (χ0n) is 17.2. The lowest BCUT2D eigenvalue weighted by Gasteiger charge is -2.26. The number of carbonyl (C=O) groups excluding carboxylic acids is 2. The highest BCUT2D eigenvalue weighted by atomic mass is 32.2. The van der Waals surface area contributed by atoms with Crippen LogP contribution in [-0.4, -0.2) is 27.1 Å². The first-order valence-electron chi connectivity index (χ1n) is 10.1. The van der Waals surface area contributed by atoms with E-state index < -0.39 is 6.04 Å². The molecular formula is C24H26N2O2S2. The molecule has 2 aromatic rings. The number of benzene rings is 2. The zero-order chi connectivity index (χ0) is 21.5. The maximum atomic E-state index is 13.2. The summed E-state index contributed by atoms with van der Waals surface area (Å²) < 4.78 is 0.436. The normalized spacial score (nSPS) is 16.4. The lowest BCUT2D eigenvalue weighted by Crippen LogP contribution is -2.49. The van der Waals surface area contributed by atoms with Gasteiger partial charge in [-0.05, 0) is 23.5 Å². The predicted molar refractivity (Wildman–Crippen MR) is 127 cm³/mol. The number of thioether (sulfide) groups is 1. The molecule has 30 heavy (non-hydrogen) atoms. The first-order valence-corrected chi connectivity index (χ1v) is 11.3. The summed E-state index contributed by atoms with van der Waals surface area (Å²) >= 11 is 6.79. The van der Waals surface area contributed by atoms with Crippen molar-refractivity contribution in [3.05, 3.63) is 82.8 Å². The SMILES string of the molecule is CC(C)C/C=C1\SC(=S)N(C(Cc2ccccc2)C(=O)NCc2ccccc2)C1=O. The molecule has 1 unspecified atom stereocenters. The first kappa shape index (κ1) is 22.2. The molecule has 1 atom stereocenters. The van der Waals surface area contributed by atoms with Crippen molar-refractivity contribution in [3.8, 4) is 0 Å². The Bertz CT molecular complexity index is 927. The third-order valence-corrected chi connectivity index (χ3v) is 6.17. The molecule has 1 aliphatic rings. The summed E-state index contributed by atoms with van der Waals surface area (Å²) in [4.78, 5) is 28.4. The van der Waals surface area contributed by atoms with Gasteiger partial charge in [-0.3, -0.25) is 14.5 Å². The molecule has 0 aliphatic carbocycles. The van der Waals surface area contributed by atoms with Crippen LogP contribution in [0.2, 0.25) is 0 Å². The maximum Gasteiger partial charge on any atom is 0.266 e. The van der Waals surface area contributed by atoms with Gasteiger partial charge in [0.25, 0.3) is 5.91 Å². The molecule has 0 aromatic heterocycles. The van der Waals surface area contributed by atoms with E-state index in [4.69, 9.17) is 12.2 Å². The number of allylic oxidation sites excluding steroid dienone is 1. The number of thiocarbonyl (C=S) groups is 1. The van der Waals surface area contributed by atoms with Crippen molar-refractivity contribution in [2.24, 2.45) is 5.92 Å². The average molecular weight is 439 g/mol. The molecule has 6 heteroatoms. The van der Waals surface area contributed by atoms with Crippen molar-refractivity contribution < 1.29 is 9.59 Å². The fourth-order valence-electron chi connectivity index (χ4n) is 3.17. The molecule has 0 saturated carbocycles. The van der Waals surface area contributed by atoms with Crippen LogP contribution in [0.5, 0.6) is 0 Å². The van der Waals surface area contributed by atoms with E-state index in [0.717, 1.165) is 17.5 Å². The molecule has 1 heterocycles. The Morgan fingerprint density at radius 3 is 2.27 bits per heavy atom. The van der Waals surface area contributed by atoms with Gasteiger partial charge in [-0.25, -0.2) is 0 Å². The third-order valence-electron chi connectivity index (χ3n) is 4.79. The van der Waals surface area contributed by atoms with Crippen LogP contribution in [-0.2, 0) is 22.6 Å². The molecule has 0 radical (unpaired) electrons. The molecular weight excluding hydrogens is 412 g/mol. The van der Waals surface area contributed by atoms with Crippen LogP contribution in [0.4, 0.5) is 0 Å². The molecule has 156 valence electrons. The quantitative estimate of drug-likeness (QED) is 0.479. The van der Waals surface area contributed by atoms with E-state index in [9.17, 15) is 9.59 Å². The minimum absolute atomic E-state index is 0.179. The topological polar surface area (TPSA) is 49.4 Å². The molecule has 3 rings (SSSR count). The Hall–Kier alpha value is -2.44. The molecule has 1 fully saturated rings. The summed E-state index contributed by atoms with van der Waals surface area (Å²) in [6.07, 6.45) is 3.14. The van der Waals surface area contributed by atoms with Crippen LogP contribution in [0.3, 0.4) is 0 Å². The highest BCUT2D eigenvalue weighted by Gasteiger charge is 2.40. The Morgan fingerprint density at radius 1 is 1.07 bits per heavy atom. The molecule has 2 aromatic carbocycles. The van der Waals surface area contributed by atoms with Gasteiger partial charge >= 0.3 is 0 Å². The summed E-state index contributed by atoms with van der Waals surface area (Å²) in [5.41, 5.74) is 1.99. The van der Waals surface area contributed by atoms with E-state index in [1.807, 2.05) is 66.7 Å². The van der Waals surface area contributed by atoms with Gasteiger partial charge < -0.3 is 5.32 Å². The smallest absolute Gasteiger partial charge is 0.266 e. The fourth-order valence-corrected chi connectivity index (χ4v) is 4.51. The lowest BCUT2D eigenvalue weighted by molar-refractivity contribution is -0.132. The summed E-state index contributed by atoms with van der Waals surface area (Å²) in [6.45, 7) is 4.61. The second-order valence-electron chi connectivity index (χ2n) is 7.65. The first-order chi connectivity index (χ1) is 14.5. The molecule has 1 N–H and O–H groups in total. The number of rotatable bonds is 8. The van der Waals surface area contributed by atoms with Crippen molar-refractivity contribution in [2.45, 2.75) is 39.3 Å². The highest BCUT2D eigenvalue weighted by Crippen LogP contribution is 2.34. The summed E-state index contributed by atoms with van der Waals surface area (Å²) in [6, 6.07) is 18.8. The number of hydrogen-bond donors (Lipinski definition) is 1. The number of hydrogen-bond acceptors (Lipinski definition) is 4. The molecule has 1 aliphatic heterocycles. The van der Waals surface area contributed by atoms with Gasteiger partial charge in [0.05, 0.1) is 4.91 Å². The van der Waals surface area contributed by atoms with E-state index in [-0.39, 0.29) is 11.8 Å². The molecule has 4 nitrogen and oxygen atoms in total. The summed E-state index contributed by atoms with van der Waals surface area (Å²) in [5.74, 6) is 0.0633. The molecule has 2 amide bonds. The molecule has 0 bridgehead atoms. The van der Waals surface area contributed by atoms with Crippen molar-refractivity contribution >= 4 is 40.1 Å². The summed E-state index contributed by atoms with van der Waals surface area (Å²) in [7, 11) is 0. The minimum atomic E-state index is -0.687. The van der Waals surface area contributed by atoms with E-state index in [2.05, 4.69) is 19.2 Å². The second kappa shape index (κ2) is 10.5. The third kappa shape index (κ3) is 5.80. The number of nitrogens with zero attached hydrogens (tertiary/aromatic N) is 1. The van der Waals surface area contributed by atoms with Crippen LogP contribution in [0.15, 0.2) is 71.6 Å². The van der Waals surface area contributed by atoms with Gasteiger partial charge in [0.15, 0.2) is 0 Å². The average Bonchev–Trinajstić information content (AvgIpc) is 3.03. The predicted octanol–water partition coefficient (Wildman–Crippen LogP) is 4.70. The lowest BCUT2D eigenvalue weighted by atomic mass is 10.0. The Kier molecular flexibility index (Phi) is 7.82. The van der Waals surface area contributed by atoms with Crippen molar-refractivity contribution in [2.75, 3.05) is 0 Å². The largest absolute Gasteiger partial charge is 0.350 e. The van der Waals surface area contributed by atoms with Crippen molar-refractivity contribution in [3.63, 3.8) is 0 Å². The van der Waals surface area contributed by atoms with Crippen LogP contribution in [0.25, 0.3) is 0 Å². The Morgan fingerprint density at radius 2 is 1.67 bits per heavy atom. The van der Waals surface area contributed by atoms with Crippen LogP contribution in [0, 0.1) is 5.92 Å². The second-order valence-corrected chi connectivity index (χ2v) is 9.33. The van der Waals surface area contributed by atoms with Crippen LogP contribution >= 0.6 is 24.0 Å². The summed E-state index contributed by atoms with van der Waals surface area (Å²) in [5, 5.41) is 2.98. The molecule has 0 spiro atoms. The van der Waals surface area contributed by atoms with E-state index in [0.29, 0.717) is 28.1 Å². The zero-order valence-corrected chi connectivity index (χ0v) is 18.8. The maximum absolute atomic E-state index is 13.2. The van der Waals surface area contributed by atoms with Gasteiger partial charge in [-0.2, -0.15) is 0 Å². The van der Waals surface area contributed by atoms with Crippen molar-refractivity contribution in [1.29, 1.82) is 0 Å². The Balaban J connectivity index is 1.81. The highest BCUT2D eigenvalue weighted by molar-refractivity contribution is 8.26. The fraction of sp³-hybridized carbons (Fsp3) is 0.292. The van der Waals surface area contributed by atoms with Gasteiger partial charge in [0.2, 0.25) is 5.91 Å². The number of amides is 2. The monoisotopic (exact) mass is 438 g/mol. The minimum Gasteiger partial charge on any atom is -0.350 e. The molecule has 1 saturated heterocycles. The van der Waals surface area contributed by atoms with Crippen LogP contribution < -0.4 is 5.32 Å². The Labute approximate surface area is 187 Å². The van der Waals surface area contributed by atoms with E-state index in [1.165, 1.54) is 16.7 Å².